The van der Waals surface area contributed by atoms with E-state index in [1.54, 1.807) is 30.3 Å². The van der Waals surface area contributed by atoms with E-state index in [0.717, 1.165) is 26.2 Å². The minimum absolute atomic E-state index is 0.0155. The highest BCUT2D eigenvalue weighted by Crippen LogP contribution is 2.39. The molecule has 29 heavy (non-hydrogen) atoms. The SMILES string of the molecule is C[NH+]1CC[NH+](Cc2c(O)ccc3c2O/C(=C/c2ccc([N+](=O)[O-])cc2)C3=O)CC1. The molecule has 2 aromatic rings. The average Bonchev–Trinajstić information content (AvgIpc) is 3.02. The van der Waals surface area contributed by atoms with Crippen molar-refractivity contribution in [1.82, 2.24) is 0 Å². The van der Waals surface area contributed by atoms with E-state index in [9.17, 15) is 20.0 Å². The molecule has 0 aliphatic carbocycles. The number of quaternary nitrogens is 2. The molecule has 0 radical (unpaired) electrons. The van der Waals surface area contributed by atoms with Gasteiger partial charge in [0.2, 0.25) is 5.78 Å². The number of fused-ring (bicyclic) bond motifs is 1. The van der Waals surface area contributed by atoms with Crippen molar-refractivity contribution in [3.63, 3.8) is 0 Å². The first-order valence-electron chi connectivity index (χ1n) is 9.61. The van der Waals surface area contributed by atoms with Gasteiger partial charge in [0.1, 0.15) is 38.5 Å². The normalized spacial score (nSPS) is 22.4. The number of nitro groups is 1. The Kier molecular flexibility index (Phi) is 5.04. The van der Waals surface area contributed by atoms with E-state index in [1.807, 2.05) is 0 Å². The lowest BCUT2D eigenvalue weighted by Gasteiger charge is -2.27. The van der Waals surface area contributed by atoms with Gasteiger partial charge in [-0.25, -0.2) is 0 Å². The van der Waals surface area contributed by atoms with Gasteiger partial charge < -0.3 is 19.6 Å². The number of rotatable bonds is 4. The summed E-state index contributed by atoms with van der Waals surface area (Å²) in [6, 6.07) is 9.03. The van der Waals surface area contributed by atoms with Crippen LogP contribution in [0.4, 0.5) is 5.69 Å². The van der Waals surface area contributed by atoms with Gasteiger partial charge in [-0.05, 0) is 35.9 Å². The molecule has 0 saturated carbocycles. The van der Waals surface area contributed by atoms with Crippen LogP contribution in [-0.2, 0) is 6.54 Å². The van der Waals surface area contributed by atoms with Crippen molar-refractivity contribution in [2.75, 3.05) is 33.2 Å². The summed E-state index contributed by atoms with van der Waals surface area (Å²) in [6.07, 6.45) is 1.57. The number of hydrogen-bond acceptors (Lipinski definition) is 5. The lowest BCUT2D eigenvalue weighted by molar-refractivity contribution is -1.01. The molecule has 0 atom stereocenters. The Hall–Kier alpha value is -3.23. The van der Waals surface area contributed by atoms with Gasteiger partial charge in [0.25, 0.3) is 5.69 Å². The van der Waals surface area contributed by atoms with Crippen LogP contribution in [0.25, 0.3) is 6.08 Å². The maximum absolute atomic E-state index is 12.8. The molecular weight excluding hydrogens is 374 g/mol. The number of piperazine rings is 1. The number of aromatic hydroxyl groups is 1. The fourth-order valence-electron chi connectivity index (χ4n) is 3.77. The number of phenols is 1. The number of nitrogens with one attached hydrogen (secondary N) is 2. The molecule has 0 amide bonds. The molecule has 1 saturated heterocycles. The number of carbonyl (C=O) groups is 1. The number of ether oxygens (including phenoxy) is 1. The number of phenolic OH excluding ortho intramolecular Hbond substituents is 1. The molecule has 2 aliphatic heterocycles. The van der Waals surface area contributed by atoms with E-state index in [-0.39, 0.29) is 23.0 Å². The molecule has 0 bridgehead atoms. The van der Waals surface area contributed by atoms with E-state index in [4.69, 9.17) is 4.74 Å². The van der Waals surface area contributed by atoms with E-state index in [2.05, 4.69) is 7.05 Å². The summed E-state index contributed by atoms with van der Waals surface area (Å²) in [7, 11) is 2.17. The second-order valence-electron chi connectivity index (χ2n) is 7.61. The molecule has 0 spiro atoms. The van der Waals surface area contributed by atoms with E-state index >= 15 is 0 Å². The van der Waals surface area contributed by atoms with Crippen molar-refractivity contribution in [1.29, 1.82) is 0 Å². The van der Waals surface area contributed by atoms with Crippen LogP contribution < -0.4 is 14.5 Å². The van der Waals surface area contributed by atoms with Gasteiger partial charge in [-0.3, -0.25) is 14.9 Å². The minimum atomic E-state index is -0.471. The first-order valence-corrected chi connectivity index (χ1v) is 9.61. The number of non-ortho nitro benzene ring substituents is 1. The number of ketones is 1. The summed E-state index contributed by atoms with van der Waals surface area (Å²) in [5, 5.41) is 21.2. The second kappa shape index (κ2) is 7.65. The summed E-state index contributed by atoms with van der Waals surface area (Å²) >= 11 is 0. The average molecular weight is 397 g/mol. The van der Waals surface area contributed by atoms with Gasteiger partial charge >= 0.3 is 0 Å². The predicted octanol–water partition coefficient (Wildman–Crippen LogP) is -0.170. The van der Waals surface area contributed by atoms with Gasteiger partial charge in [-0.1, -0.05) is 0 Å². The molecule has 0 unspecified atom stereocenters. The van der Waals surface area contributed by atoms with Crippen molar-refractivity contribution >= 4 is 17.5 Å². The maximum Gasteiger partial charge on any atom is 0.269 e. The third kappa shape index (κ3) is 3.85. The Labute approximate surface area is 167 Å². The Morgan fingerprint density at radius 1 is 1.14 bits per heavy atom. The smallest absolute Gasteiger partial charge is 0.269 e. The van der Waals surface area contributed by atoms with E-state index in [0.29, 0.717) is 29.0 Å². The molecule has 8 nitrogen and oxygen atoms in total. The highest BCUT2D eigenvalue weighted by atomic mass is 16.6. The highest BCUT2D eigenvalue weighted by Gasteiger charge is 2.33. The third-order valence-corrected chi connectivity index (χ3v) is 5.56. The van der Waals surface area contributed by atoms with Crippen molar-refractivity contribution in [3.05, 3.63) is 69.0 Å². The number of Topliss-reactive ketones (excluding diaryl/α,β-unsaturated/α-hetero) is 1. The van der Waals surface area contributed by atoms with Crippen molar-refractivity contribution in [2.45, 2.75) is 6.54 Å². The van der Waals surface area contributed by atoms with Gasteiger partial charge in [0.05, 0.1) is 23.1 Å². The van der Waals surface area contributed by atoms with E-state index in [1.165, 1.54) is 21.9 Å². The molecule has 2 aromatic carbocycles. The van der Waals surface area contributed by atoms with Crippen LogP contribution >= 0.6 is 0 Å². The highest BCUT2D eigenvalue weighted by molar-refractivity contribution is 6.15. The Balaban J connectivity index is 1.59. The lowest BCUT2D eigenvalue weighted by atomic mass is 10.0. The molecule has 3 N–H and O–H groups in total. The van der Waals surface area contributed by atoms with Crippen molar-refractivity contribution in [2.24, 2.45) is 0 Å². The first-order chi connectivity index (χ1) is 13.9. The third-order valence-electron chi connectivity index (χ3n) is 5.56. The zero-order valence-electron chi connectivity index (χ0n) is 16.1. The van der Waals surface area contributed by atoms with Gasteiger partial charge in [-0.2, -0.15) is 0 Å². The minimum Gasteiger partial charge on any atom is -0.507 e. The van der Waals surface area contributed by atoms with Crippen LogP contribution in [0.15, 0.2) is 42.2 Å². The van der Waals surface area contributed by atoms with Crippen molar-refractivity contribution in [3.8, 4) is 11.5 Å². The summed E-state index contributed by atoms with van der Waals surface area (Å²) in [5.41, 5.74) is 1.70. The number of allylic oxidation sites excluding steroid dienone is 1. The number of carbonyl (C=O) groups excluding carboxylic acids is 1. The topological polar surface area (TPSA) is 98.6 Å². The molecule has 2 aliphatic rings. The van der Waals surface area contributed by atoms with Crippen LogP contribution in [0.5, 0.6) is 11.5 Å². The monoisotopic (exact) mass is 397 g/mol. The molecule has 2 heterocycles. The van der Waals surface area contributed by atoms with Gasteiger partial charge in [0, 0.05) is 12.1 Å². The predicted molar refractivity (Wildman–Crippen MR) is 105 cm³/mol. The van der Waals surface area contributed by atoms with Crippen LogP contribution in [-0.4, -0.2) is 49.0 Å². The summed E-state index contributed by atoms with van der Waals surface area (Å²) in [4.78, 5) is 25.9. The summed E-state index contributed by atoms with van der Waals surface area (Å²) < 4.78 is 5.87. The number of hydrogen-bond donors (Lipinski definition) is 3. The van der Waals surface area contributed by atoms with Crippen LogP contribution in [0.2, 0.25) is 0 Å². The number of benzene rings is 2. The number of nitrogens with zero attached hydrogens (tertiary/aromatic N) is 1. The number of likely N-dealkylation sites (N-methyl/N-ethyl adjacent to an activating group) is 1. The largest absolute Gasteiger partial charge is 0.507 e. The molecular formula is C21H23N3O5+2. The fraction of sp³-hybridized carbons (Fsp3) is 0.286. The quantitative estimate of drug-likeness (QED) is 0.378. The zero-order chi connectivity index (χ0) is 20.5. The Morgan fingerprint density at radius 3 is 2.48 bits per heavy atom. The standard InChI is InChI=1S/C21H21N3O5/c1-22-8-10-23(11-9-22)13-17-18(25)7-6-16-20(26)19(29-21(16)17)12-14-2-4-15(5-3-14)24(27)28/h2-7,12,25H,8-11,13H2,1H3/p+2/b19-12+. The van der Waals surface area contributed by atoms with Crippen LogP contribution in [0.3, 0.4) is 0 Å². The molecule has 1 fully saturated rings. The zero-order valence-corrected chi connectivity index (χ0v) is 16.1. The molecule has 4 rings (SSSR count). The molecule has 8 heteroatoms. The van der Waals surface area contributed by atoms with Crippen LogP contribution in [0.1, 0.15) is 21.5 Å². The Morgan fingerprint density at radius 2 is 1.83 bits per heavy atom. The van der Waals surface area contributed by atoms with Crippen molar-refractivity contribution < 1.29 is 29.4 Å². The summed E-state index contributed by atoms with van der Waals surface area (Å²) in [5.74, 6) is 0.449. The van der Waals surface area contributed by atoms with Gasteiger partial charge in [-0.15, -0.1) is 0 Å². The molecule has 0 aromatic heterocycles. The Bertz CT molecular complexity index is 992. The molecule has 150 valence electrons. The van der Waals surface area contributed by atoms with Crippen LogP contribution in [0, 0.1) is 10.1 Å². The maximum atomic E-state index is 12.8. The first kappa shape index (κ1) is 19.1. The van der Waals surface area contributed by atoms with E-state index < -0.39 is 4.92 Å². The van der Waals surface area contributed by atoms with Gasteiger partial charge in [0.15, 0.2) is 11.5 Å². The fourth-order valence-corrected chi connectivity index (χ4v) is 3.77. The summed E-state index contributed by atoms with van der Waals surface area (Å²) in [6.45, 7) is 4.72. The second-order valence-corrected chi connectivity index (χ2v) is 7.61. The number of nitro benzene ring substituents is 1. The lowest BCUT2D eigenvalue weighted by Crippen LogP contribution is -3.26.